The number of carbonyl (C=O) groups is 1. The molecule has 7 heteroatoms. The number of nitrogens with one attached hydrogen (secondary N) is 1. The number of hydrogen-bond donors (Lipinski definition) is 1. The molecule has 2 aromatic rings. The predicted octanol–water partition coefficient (Wildman–Crippen LogP) is 4.80. The second-order valence-corrected chi connectivity index (χ2v) is 7.34. The quantitative estimate of drug-likeness (QED) is 0.819. The van der Waals surface area contributed by atoms with E-state index in [0.29, 0.717) is 19.3 Å². The van der Waals surface area contributed by atoms with Gasteiger partial charge in [-0.05, 0) is 30.2 Å². The summed E-state index contributed by atoms with van der Waals surface area (Å²) in [4.78, 5) is 14.2. The number of alkyl halides is 3. The van der Waals surface area contributed by atoms with Crippen molar-refractivity contribution < 1.29 is 22.7 Å². The van der Waals surface area contributed by atoms with Crippen LogP contribution in [0, 0.1) is 0 Å². The number of halogens is 3. The Bertz CT molecular complexity index is 857. The number of carbonyl (C=O) groups excluding carboxylic acids is 1. The van der Waals surface area contributed by atoms with Crippen LogP contribution in [-0.2, 0) is 22.9 Å². The van der Waals surface area contributed by atoms with Crippen LogP contribution in [0.5, 0.6) is 0 Å². The highest BCUT2D eigenvalue weighted by molar-refractivity contribution is 5.88. The molecule has 2 aliphatic heterocycles. The minimum absolute atomic E-state index is 0.420. The molecule has 1 N–H and O–H groups in total. The van der Waals surface area contributed by atoms with Crippen LogP contribution in [0.3, 0.4) is 0 Å². The first-order valence-electron chi connectivity index (χ1n) is 9.34. The number of likely N-dealkylation sites (tertiary alicyclic amines) is 1. The third-order valence-electron chi connectivity index (χ3n) is 5.60. The van der Waals surface area contributed by atoms with Crippen LogP contribution in [-0.4, -0.2) is 30.6 Å². The largest absolute Gasteiger partial charge is 0.438 e. The average molecular weight is 390 g/mol. The molecule has 0 radical (unpaired) electrons. The van der Waals surface area contributed by atoms with E-state index < -0.39 is 23.4 Å². The first-order chi connectivity index (χ1) is 13.4. The highest BCUT2D eigenvalue weighted by Gasteiger charge is 2.44. The van der Waals surface area contributed by atoms with Crippen molar-refractivity contribution in [1.82, 2.24) is 4.90 Å². The van der Waals surface area contributed by atoms with Gasteiger partial charge in [0, 0.05) is 38.0 Å². The number of rotatable bonds is 3. The number of amides is 1. The molecule has 0 unspecified atom stereocenters. The maximum absolute atomic E-state index is 12.7. The Morgan fingerprint density at radius 2 is 1.71 bits per heavy atom. The van der Waals surface area contributed by atoms with Gasteiger partial charge in [-0.3, -0.25) is 5.32 Å². The van der Waals surface area contributed by atoms with Gasteiger partial charge in [-0.15, -0.1) is 0 Å². The van der Waals surface area contributed by atoms with Gasteiger partial charge in [-0.25, -0.2) is 4.79 Å². The molecule has 4 nitrogen and oxygen atoms in total. The molecule has 0 atom stereocenters. The van der Waals surface area contributed by atoms with E-state index >= 15 is 0 Å². The molecule has 2 heterocycles. The van der Waals surface area contributed by atoms with Gasteiger partial charge in [0.15, 0.2) is 0 Å². The van der Waals surface area contributed by atoms with Crippen LogP contribution in [0.15, 0.2) is 48.5 Å². The van der Waals surface area contributed by atoms with Crippen LogP contribution < -0.4 is 5.32 Å². The fourth-order valence-corrected chi connectivity index (χ4v) is 4.01. The average Bonchev–Trinajstić information content (AvgIpc) is 2.67. The minimum Gasteiger partial charge on any atom is -0.438 e. The molecule has 0 saturated carbocycles. The highest BCUT2D eigenvalue weighted by atomic mass is 19.4. The molecular weight excluding hydrogens is 369 g/mol. The van der Waals surface area contributed by atoms with E-state index in [4.69, 9.17) is 4.74 Å². The summed E-state index contributed by atoms with van der Waals surface area (Å²) in [7, 11) is 0. The van der Waals surface area contributed by atoms with Gasteiger partial charge in [0.05, 0.1) is 11.3 Å². The fraction of sp³-hybridized carbons (Fsp3) is 0.381. The van der Waals surface area contributed by atoms with Crippen molar-refractivity contribution in [2.24, 2.45) is 0 Å². The lowest BCUT2D eigenvalue weighted by molar-refractivity contribution is -0.137. The Morgan fingerprint density at radius 1 is 1.04 bits per heavy atom. The predicted molar refractivity (Wildman–Crippen MR) is 99.0 cm³/mol. The topological polar surface area (TPSA) is 41.6 Å². The molecule has 1 amide bonds. The van der Waals surface area contributed by atoms with Gasteiger partial charge >= 0.3 is 12.3 Å². The molecule has 2 aromatic carbocycles. The van der Waals surface area contributed by atoms with Gasteiger partial charge in [-0.1, -0.05) is 30.3 Å². The lowest BCUT2D eigenvalue weighted by Crippen LogP contribution is -2.48. The Morgan fingerprint density at radius 3 is 2.39 bits per heavy atom. The summed E-state index contributed by atoms with van der Waals surface area (Å²) in [6.07, 6.45) is -2.64. The van der Waals surface area contributed by atoms with Crippen molar-refractivity contribution in [1.29, 1.82) is 0 Å². The normalized spacial score (nSPS) is 19.0. The summed E-state index contributed by atoms with van der Waals surface area (Å²) in [5, 5.41) is 2.75. The Kier molecular flexibility index (Phi) is 4.79. The van der Waals surface area contributed by atoms with Crippen molar-refractivity contribution in [2.45, 2.75) is 31.0 Å². The monoisotopic (exact) mass is 390 g/mol. The zero-order chi connectivity index (χ0) is 19.8. The number of piperidine rings is 1. The maximum atomic E-state index is 12.7. The smallest absolute Gasteiger partial charge is 0.416 e. The number of benzene rings is 2. The maximum Gasteiger partial charge on any atom is 0.416 e. The van der Waals surface area contributed by atoms with E-state index in [1.165, 1.54) is 0 Å². The SMILES string of the molecule is O=C1Nc2ccccc2C2(CCN(CCc3ccc(C(F)(F)F)cc3)CC2)O1. The van der Waals surface area contributed by atoms with Gasteiger partial charge in [0.1, 0.15) is 5.60 Å². The number of anilines is 1. The molecule has 148 valence electrons. The second-order valence-electron chi connectivity index (χ2n) is 7.34. The molecule has 0 bridgehead atoms. The number of ether oxygens (including phenoxy) is 1. The molecule has 28 heavy (non-hydrogen) atoms. The summed E-state index contributed by atoms with van der Waals surface area (Å²) in [5.41, 5.74) is 1.48. The molecule has 0 aliphatic carbocycles. The molecule has 1 fully saturated rings. The molecule has 0 aromatic heterocycles. The van der Waals surface area contributed by atoms with E-state index in [1.54, 1.807) is 12.1 Å². The summed E-state index contributed by atoms with van der Waals surface area (Å²) < 4.78 is 43.7. The van der Waals surface area contributed by atoms with Gasteiger partial charge < -0.3 is 9.64 Å². The molecule has 4 rings (SSSR count). The zero-order valence-corrected chi connectivity index (χ0v) is 15.3. The number of nitrogens with zero attached hydrogens (tertiary/aromatic N) is 1. The van der Waals surface area contributed by atoms with Crippen LogP contribution in [0.4, 0.5) is 23.7 Å². The first kappa shape index (κ1) is 18.8. The second kappa shape index (κ2) is 7.13. The fourth-order valence-electron chi connectivity index (χ4n) is 4.01. The van der Waals surface area contributed by atoms with Crippen molar-refractivity contribution >= 4 is 11.8 Å². The van der Waals surface area contributed by atoms with Gasteiger partial charge in [0.25, 0.3) is 0 Å². The minimum atomic E-state index is -4.30. The summed E-state index contributed by atoms with van der Waals surface area (Å²) in [5.74, 6) is 0. The number of fused-ring (bicyclic) bond motifs is 2. The highest BCUT2D eigenvalue weighted by Crippen LogP contribution is 2.43. The summed E-state index contributed by atoms with van der Waals surface area (Å²) in [6.45, 7) is 2.29. The number of hydrogen-bond acceptors (Lipinski definition) is 3. The standard InChI is InChI=1S/C21H21F3N2O2/c22-21(23,24)16-7-5-15(6-8-16)9-12-26-13-10-20(11-14-26)17-3-1-2-4-18(17)25-19(27)28-20/h1-8H,9-14H2,(H,25,27). The summed E-state index contributed by atoms with van der Waals surface area (Å²) >= 11 is 0. The molecule has 1 saturated heterocycles. The third kappa shape index (κ3) is 3.71. The van der Waals surface area contributed by atoms with Crippen molar-refractivity contribution in [3.63, 3.8) is 0 Å². The van der Waals surface area contributed by atoms with E-state index in [9.17, 15) is 18.0 Å². The van der Waals surface area contributed by atoms with Crippen molar-refractivity contribution in [2.75, 3.05) is 25.0 Å². The van der Waals surface area contributed by atoms with E-state index in [0.717, 1.165) is 48.6 Å². The third-order valence-corrected chi connectivity index (χ3v) is 5.60. The zero-order valence-electron chi connectivity index (χ0n) is 15.3. The number of para-hydroxylation sites is 1. The van der Waals surface area contributed by atoms with Crippen LogP contribution >= 0.6 is 0 Å². The Hall–Kier alpha value is -2.54. The van der Waals surface area contributed by atoms with Gasteiger partial charge in [0.2, 0.25) is 0 Å². The van der Waals surface area contributed by atoms with E-state index in [2.05, 4.69) is 10.2 Å². The van der Waals surface area contributed by atoms with E-state index in [1.807, 2.05) is 24.3 Å². The lowest BCUT2D eigenvalue weighted by atomic mass is 9.82. The van der Waals surface area contributed by atoms with Crippen molar-refractivity contribution in [3.8, 4) is 0 Å². The lowest BCUT2D eigenvalue weighted by Gasteiger charge is -2.44. The van der Waals surface area contributed by atoms with Crippen LogP contribution in [0.1, 0.15) is 29.5 Å². The van der Waals surface area contributed by atoms with E-state index in [-0.39, 0.29) is 0 Å². The van der Waals surface area contributed by atoms with Crippen LogP contribution in [0.2, 0.25) is 0 Å². The van der Waals surface area contributed by atoms with Crippen LogP contribution in [0.25, 0.3) is 0 Å². The molecular formula is C21H21F3N2O2. The Labute approximate surface area is 161 Å². The molecule has 1 spiro atoms. The van der Waals surface area contributed by atoms with Crippen molar-refractivity contribution in [3.05, 3.63) is 65.2 Å². The van der Waals surface area contributed by atoms with Gasteiger partial charge in [-0.2, -0.15) is 13.2 Å². The first-order valence-corrected chi connectivity index (χ1v) is 9.34. The molecule has 2 aliphatic rings. The summed E-state index contributed by atoms with van der Waals surface area (Å²) in [6, 6.07) is 13.0. The Balaban J connectivity index is 1.37.